The van der Waals surface area contributed by atoms with Gasteiger partial charge >= 0.3 is 6.09 Å². The van der Waals surface area contributed by atoms with Crippen LogP contribution in [0, 0.1) is 12.3 Å². The van der Waals surface area contributed by atoms with Gasteiger partial charge in [-0.1, -0.05) is 82.7 Å². The number of likely N-dealkylation sites (N-methyl/N-ethyl adjacent to an activating group) is 4. The monoisotopic (exact) mass is 654 g/mol. The summed E-state index contributed by atoms with van der Waals surface area (Å²) in [5.74, 6) is -1.24. The summed E-state index contributed by atoms with van der Waals surface area (Å²) in [6.07, 6.45) is 5.29. The van der Waals surface area contributed by atoms with Crippen molar-refractivity contribution >= 4 is 29.6 Å². The third-order valence-electron chi connectivity index (χ3n) is 7.95. The number of carbonyl (C=O) groups excluding carboxylic acids is 5. The highest BCUT2D eigenvalue weighted by Crippen LogP contribution is 2.20. The van der Waals surface area contributed by atoms with Crippen LogP contribution in [-0.4, -0.2) is 108 Å². The molecule has 47 heavy (non-hydrogen) atoms. The van der Waals surface area contributed by atoms with E-state index in [2.05, 4.69) is 6.58 Å². The molecule has 0 fully saturated rings. The van der Waals surface area contributed by atoms with Gasteiger partial charge in [-0.05, 0) is 50.7 Å². The molecular weight excluding hydrogens is 596 g/mol. The topological polar surface area (TPSA) is 108 Å². The maximum Gasteiger partial charge on any atom is 0.410 e. The van der Waals surface area contributed by atoms with Crippen LogP contribution < -0.4 is 0 Å². The SMILES string of the molecule is C=C/C(=C\CCC)COC(=O)N(C)[C@@H](C)C(=O)N(CC)CC(=O)N(CC)[C@@H](Cc1ccc(C)cc1)C(=O)N(C)CC(=O)CC(C)(C)C. The van der Waals surface area contributed by atoms with Crippen molar-refractivity contribution < 1.29 is 28.7 Å². The van der Waals surface area contributed by atoms with E-state index in [0.29, 0.717) is 6.42 Å². The molecule has 2 atom stereocenters. The van der Waals surface area contributed by atoms with Crippen LogP contribution in [0.3, 0.4) is 0 Å². The van der Waals surface area contributed by atoms with Crippen molar-refractivity contribution in [3.63, 3.8) is 0 Å². The van der Waals surface area contributed by atoms with Crippen LogP contribution in [0.1, 0.15) is 78.9 Å². The van der Waals surface area contributed by atoms with E-state index in [4.69, 9.17) is 4.74 Å². The molecule has 0 aliphatic carbocycles. The van der Waals surface area contributed by atoms with E-state index in [1.54, 1.807) is 33.9 Å². The zero-order valence-electron chi connectivity index (χ0n) is 30.4. The largest absolute Gasteiger partial charge is 0.445 e. The minimum atomic E-state index is -0.901. The van der Waals surface area contributed by atoms with Crippen LogP contribution >= 0.6 is 0 Å². The number of ether oxygens (including phenoxy) is 1. The third-order valence-corrected chi connectivity index (χ3v) is 7.95. The van der Waals surface area contributed by atoms with Crippen LogP contribution in [0.25, 0.3) is 0 Å². The summed E-state index contributed by atoms with van der Waals surface area (Å²) in [5.41, 5.74) is 2.51. The molecule has 262 valence electrons. The fraction of sp³-hybridized carbons (Fsp3) is 0.595. The zero-order chi connectivity index (χ0) is 35.9. The molecule has 4 amide bonds. The van der Waals surface area contributed by atoms with Crippen LogP contribution in [0.15, 0.2) is 48.6 Å². The zero-order valence-corrected chi connectivity index (χ0v) is 30.4. The van der Waals surface area contributed by atoms with Gasteiger partial charge in [0, 0.05) is 40.0 Å². The van der Waals surface area contributed by atoms with Gasteiger partial charge in [0.2, 0.25) is 17.7 Å². The van der Waals surface area contributed by atoms with E-state index in [1.807, 2.05) is 65.0 Å². The second-order valence-electron chi connectivity index (χ2n) is 13.3. The number of unbranched alkanes of at least 4 members (excludes halogenated alkanes) is 1. The highest BCUT2D eigenvalue weighted by atomic mass is 16.6. The third kappa shape index (κ3) is 13.7. The van der Waals surface area contributed by atoms with Crippen molar-refractivity contribution in [3.05, 3.63) is 59.7 Å². The predicted octanol–water partition coefficient (Wildman–Crippen LogP) is 5.44. The molecule has 0 aromatic heterocycles. The molecule has 0 heterocycles. The van der Waals surface area contributed by atoms with E-state index >= 15 is 0 Å². The van der Waals surface area contributed by atoms with Gasteiger partial charge in [0.05, 0.1) is 13.1 Å². The molecule has 0 radical (unpaired) electrons. The van der Waals surface area contributed by atoms with Crippen LogP contribution in [0.2, 0.25) is 0 Å². The maximum absolute atomic E-state index is 13.9. The summed E-state index contributed by atoms with van der Waals surface area (Å²) in [4.78, 5) is 72.3. The van der Waals surface area contributed by atoms with Crippen molar-refractivity contribution in [2.75, 3.05) is 46.9 Å². The summed E-state index contributed by atoms with van der Waals surface area (Å²) < 4.78 is 5.41. The Morgan fingerprint density at radius 3 is 2.06 bits per heavy atom. The molecule has 1 rings (SSSR count). The molecule has 0 aliphatic rings. The number of carbonyl (C=O) groups is 5. The average Bonchev–Trinajstić information content (AvgIpc) is 3.01. The summed E-state index contributed by atoms with van der Waals surface area (Å²) in [6, 6.07) is 5.97. The van der Waals surface area contributed by atoms with Gasteiger partial charge in [0.15, 0.2) is 5.78 Å². The molecule has 10 nitrogen and oxygen atoms in total. The number of Topliss-reactive ketones (excluding diaryl/α,β-unsaturated/α-hetero) is 1. The lowest BCUT2D eigenvalue weighted by atomic mass is 9.90. The smallest absolute Gasteiger partial charge is 0.410 e. The van der Waals surface area contributed by atoms with Crippen molar-refractivity contribution in [1.82, 2.24) is 19.6 Å². The molecule has 0 bridgehead atoms. The van der Waals surface area contributed by atoms with Gasteiger partial charge in [0.25, 0.3) is 0 Å². The molecule has 0 N–H and O–H groups in total. The highest BCUT2D eigenvalue weighted by Gasteiger charge is 2.35. The first-order valence-electron chi connectivity index (χ1n) is 16.6. The number of hydrogen-bond acceptors (Lipinski definition) is 6. The molecule has 10 heteroatoms. The minimum absolute atomic E-state index is 0.0433. The van der Waals surface area contributed by atoms with E-state index in [9.17, 15) is 24.0 Å². The fourth-order valence-corrected chi connectivity index (χ4v) is 5.06. The standard InChI is InChI=1S/C37H58N4O6/c1-12-16-17-29(13-2)26-47-36(46)39(11)28(6)34(44)40(14-3)25-33(43)41(15-4)32(22-30-20-18-27(5)19-21-30)35(45)38(10)24-31(42)23-37(7,8)9/h13,17-21,28,32H,2,12,14-16,22-26H2,1,3-11H3/b29-17+/t28-,32-/m0/s1. The first-order valence-corrected chi connectivity index (χ1v) is 16.6. The Balaban J connectivity index is 3.17. The van der Waals surface area contributed by atoms with Crippen LogP contribution in [0.5, 0.6) is 0 Å². The lowest BCUT2D eigenvalue weighted by Gasteiger charge is -2.35. The normalized spacial score (nSPS) is 12.9. The Hall–Kier alpha value is -3.95. The van der Waals surface area contributed by atoms with Gasteiger partial charge in [0.1, 0.15) is 18.7 Å². The Bertz CT molecular complexity index is 1250. The molecule has 0 saturated heterocycles. The first-order chi connectivity index (χ1) is 22.0. The van der Waals surface area contributed by atoms with E-state index in [0.717, 1.165) is 29.5 Å². The second-order valence-corrected chi connectivity index (χ2v) is 13.3. The Morgan fingerprint density at radius 1 is 0.936 bits per heavy atom. The number of nitrogens with zero attached hydrogens (tertiary/aromatic N) is 4. The number of amides is 4. The number of ketones is 1. The van der Waals surface area contributed by atoms with Crippen molar-refractivity contribution in [3.8, 4) is 0 Å². The number of allylic oxidation sites excluding steroid dienone is 1. The van der Waals surface area contributed by atoms with Gasteiger partial charge < -0.3 is 19.4 Å². The highest BCUT2D eigenvalue weighted by molar-refractivity contribution is 5.93. The molecule has 0 spiro atoms. The second kappa shape index (κ2) is 19.7. The summed E-state index contributed by atoms with van der Waals surface area (Å²) in [6.45, 7) is 19.0. The lowest BCUT2D eigenvalue weighted by Crippen LogP contribution is -2.55. The Kier molecular flexibility index (Phi) is 17.2. The lowest BCUT2D eigenvalue weighted by molar-refractivity contribution is -0.149. The number of hydrogen-bond donors (Lipinski definition) is 0. The van der Waals surface area contributed by atoms with Crippen molar-refractivity contribution in [2.45, 2.75) is 93.2 Å². The summed E-state index contributed by atoms with van der Waals surface area (Å²) in [5, 5.41) is 0. The Labute approximate surface area is 282 Å². The summed E-state index contributed by atoms with van der Waals surface area (Å²) in [7, 11) is 3.06. The molecule has 1 aromatic carbocycles. The van der Waals surface area contributed by atoms with Gasteiger partial charge in [-0.2, -0.15) is 0 Å². The van der Waals surface area contributed by atoms with Gasteiger partial charge in [-0.3, -0.25) is 24.1 Å². The number of benzene rings is 1. The fourth-order valence-electron chi connectivity index (χ4n) is 5.06. The molecule has 0 aliphatic heterocycles. The molecule has 0 unspecified atom stereocenters. The average molecular weight is 655 g/mol. The number of aryl methyl sites for hydroxylation is 1. The number of rotatable bonds is 18. The Morgan fingerprint density at radius 2 is 1.55 bits per heavy atom. The maximum atomic E-state index is 13.9. The van der Waals surface area contributed by atoms with E-state index in [-0.39, 0.29) is 56.3 Å². The van der Waals surface area contributed by atoms with Gasteiger partial charge in [-0.15, -0.1) is 0 Å². The summed E-state index contributed by atoms with van der Waals surface area (Å²) >= 11 is 0. The van der Waals surface area contributed by atoms with Crippen LogP contribution in [-0.2, 0) is 30.3 Å². The van der Waals surface area contributed by atoms with Crippen molar-refractivity contribution in [2.24, 2.45) is 5.41 Å². The van der Waals surface area contributed by atoms with Gasteiger partial charge in [-0.25, -0.2) is 4.79 Å². The van der Waals surface area contributed by atoms with Crippen LogP contribution in [0.4, 0.5) is 4.79 Å². The first kappa shape index (κ1) is 41.1. The quantitative estimate of drug-likeness (QED) is 0.195. The minimum Gasteiger partial charge on any atom is -0.445 e. The molecular formula is C37H58N4O6. The van der Waals surface area contributed by atoms with E-state index in [1.165, 1.54) is 26.6 Å². The molecule has 1 aromatic rings. The molecule has 0 saturated carbocycles. The predicted molar refractivity (Wildman–Crippen MR) is 187 cm³/mol. The van der Waals surface area contributed by atoms with Crippen molar-refractivity contribution in [1.29, 1.82) is 0 Å². The van der Waals surface area contributed by atoms with E-state index < -0.39 is 30.0 Å².